The third kappa shape index (κ3) is 5.65. The first-order valence-electron chi connectivity index (χ1n) is 6.92. The van der Waals surface area contributed by atoms with Crippen LogP contribution in [0.4, 0.5) is 18.0 Å². The van der Waals surface area contributed by atoms with Gasteiger partial charge in [0.15, 0.2) is 0 Å². The van der Waals surface area contributed by atoms with Gasteiger partial charge in [-0.25, -0.2) is 9.78 Å². The Morgan fingerprint density at radius 1 is 1.21 bits per heavy atom. The summed E-state index contributed by atoms with van der Waals surface area (Å²) in [4.78, 5) is 15.2. The average molecular weight is 334 g/mol. The van der Waals surface area contributed by atoms with Crippen LogP contribution in [-0.2, 0) is 17.5 Å². The first-order chi connectivity index (χ1) is 11.4. The van der Waals surface area contributed by atoms with Crippen molar-refractivity contribution in [3.63, 3.8) is 0 Å². The molecule has 1 heterocycles. The molecule has 0 spiro atoms. The van der Waals surface area contributed by atoms with Crippen LogP contribution in [0.1, 0.15) is 16.8 Å². The second kappa shape index (κ2) is 8.02. The Morgan fingerprint density at radius 2 is 1.96 bits per heavy atom. The number of aromatic nitrogens is 1. The predicted octanol–water partition coefficient (Wildman–Crippen LogP) is 3.38. The van der Waals surface area contributed by atoms with Crippen LogP contribution in [0.25, 0.3) is 0 Å². The number of ether oxygens (including phenoxy) is 1. The number of hydrogen-bond donors (Lipinski definition) is 1. The number of carbonyl (C=O) groups is 1. The zero-order chi connectivity index (χ0) is 17.4. The molecule has 1 N–H and O–H groups in total. The zero-order valence-electron chi connectivity index (χ0n) is 12.4. The molecule has 0 aliphatic carbocycles. The van der Waals surface area contributed by atoms with Crippen molar-refractivity contribution in [2.75, 3.05) is 6.54 Å². The Bertz CT molecular complexity index is 750. The summed E-state index contributed by atoms with van der Waals surface area (Å²) in [5.74, 6) is 4.97. The first kappa shape index (κ1) is 17.3. The number of nitrogens with one attached hydrogen (secondary N) is 1. The molecule has 0 saturated carbocycles. The van der Waals surface area contributed by atoms with E-state index >= 15 is 0 Å². The van der Waals surface area contributed by atoms with E-state index in [1.165, 1.54) is 0 Å². The van der Waals surface area contributed by atoms with E-state index in [0.717, 1.165) is 23.9 Å². The number of hydrogen-bond acceptors (Lipinski definition) is 3. The maximum Gasteiger partial charge on any atom is 0.416 e. The second-order valence-corrected chi connectivity index (χ2v) is 4.64. The summed E-state index contributed by atoms with van der Waals surface area (Å²) in [5.41, 5.74) is -0.00629. The maximum atomic E-state index is 12.5. The van der Waals surface area contributed by atoms with Crippen LogP contribution >= 0.6 is 0 Å². The van der Waals surface area contributed by atoms with E-state index < -0.39 is 17.8 Å². The molecule has 0 unspecified atom stereocenters. The van der Waals surface area contributed by atoms with E-state index in [9.17, 15) is 18.0 Å². The minimum absolute atomic E-state index is 0.0238. The van der Waals surface area contributed by atoms with Crippen LogP contribution in [0.3, 0.4) is 0 Å². The third-order valence-electron chi connectivity index (χ3n) is 2.84. The summed E-state index contributed by atoms with van der Waals surface area (Å²) in [5, 5.41) is 2.38. The summed E-state index contributed by atoms with van der Waals surface area (Å²) in [6, 6.07) is 10.8. The van der Waals surface area contributed by atoms with E-state index in [-0.39, 0.29) is 18.8 Å². The smallest absolute Gasteiger partial charge is 0.416 e. The Hall–Kier alpha value is -3.01. The van der Waals surface area contributed by atoms with Crippen LogP contribution < -0.4 is 5.32 Å². The molecule has 0 radical (unpaired) electrons. The quantitative estimate of drug-likeness (QED) is 0.876. The maximum absolute atomic E-state index is 12.5. The highest BCUT2D eigenvalue weighted by atomic mass is 19.4. The van der Waals surface area contributed by atoms with Gasteiger partial charge >= 0.3 is 12.3 Å². The third-order valence-corrected chi connectivity index (χ3v) is 2.84. The van der Waals surface area contributed by atoms with Crippen molar-refractivity contribution in [2.24, 2.45) is 0 Å². The lowest BCUT2D eigenvalue weighted by molar-refractivity contribution is -0.137. The van der Waals surface area contributed by atoms with Crippen molar-refractivity contribution in [1.82, 2.24) is 10.3 Å². The van der Waals surface area contributed by atoms with Gasteiger partial charge in [0, 0.05) is 6.20 Å². The number of amides is 1. The van der Waals surface area contributed by atoms with Crippen molar-refractivity contribution >= 4 is 6.09 Å². The molecular formula is C17H13F3N2O2. The number of halogens is 3. The van der Waals surface area contributed by atoms with Crippen molar-refractivity contribution < 1.29 is 22.7 Å². The molecule has 1 aromatic carbocycles. The number of rotatable bonds is 3. The molecule has 7 heteroatoms. The normalized spacial score (nSPS) is 10.5. The van der Waals surface area contributed by atoms with Crippen LogP contribution in [0.2, 0.25) is 0 Å². The van der Waals surface area contributed by atoms with Crippen molar-refractivity contribution in [3.8, 4) is 11.8 Å². The molecule has 124 valence electrons. The lowest BCUT2D eigenvalue weighted by atomic mass is 10.2. The van der Waals surface area contributed by atoms with Gasteiger partial charge in [0.2, 0.25) is 0 Å². The number of benzene rings is 1. The second-order valence-electron chi connectivity index (χ2n) is 4.64. The number of carbonyl (C=O) groups excluding carboxylic acids is 1. The summed E-state index contributed by atoms with van der Waals surface area (Å²) < 4.78 is 42.6. The van der Waals surface area contributed by atoms with E-state index in [1.807, 2.05) is 30.3 Å². The average Bonchev–Trinajstić information content (AvgIpc) is 2.57. The summed E-state index contributed by atoms with van der Waals surface area (Å²) in [6.45, 7) is 0.0564. The van der Waals surface area contributed by atoms with Gasteiger partial charge < -0.3 is 10.1 Å². The van der Waals surface area contributed by atoms with Gasteiger partial charge in [0.25, 0.3) is 0 Å². The number of alkyl carbamates (subject to hydrolysis) is 1. The van der Waals surface area contributed by atoms with Crippen LogP contribution in [0.15, 0.2) is 48.7 Å². The molecule has 0 atom stereocenters. The molecule has 2 aromatic rings. The fourth-order valence-corrected chi connectivity index (χ4v) is 1.70. The molecule has 1 aromatic heterocycles. The molecular weight excluding hydrogens is 321 g/mol. The number of pyridine rings is 1. The number of nitrogens with zero attached hydrogens (tertiary/aromatic N) is 1. The largest absolute Gasteiger partial charge is 0.445 e. The molecule has 0 bridgehead atoms. The summed E-state index contributed by atoms with van der Waals surface area (Å²) in [7, 11) is 0. The SMILES string of the molecule is O=C(NCC#Cc1cc(C(F)(F)F)ccn1)OCc1ccccc1. The molecule has 0 saturated heterocycles. The Labute approximate surface area is 136 Å². The minimum atomic E-state index is -4.45. The standard InChI is InChI=1S/C17H13F3N2O2/c18-17(19,20)14-8-10-21-15(11-14)7-4-9-22-16(23)24-12-13-5-2-1-3-6-13/h1-3,5-6,8,10-11H,9,12H2,(H,22,23). The van der Waals surface area contributed by atoms with E-state index in [4.69, 9.17) is 4.74 Å². The van der Waals surface area contributed by atoms with Gasteiger partial charge in [-0.05, 0) is 23.6 Å². The highest BCUT2D eigenvalue weighted by Crippen LogP contribution is 2.28. The monoisotopic (exact) mass is 334 g/mol. The molecule has 0 fully saturated rings. The minimum Gasteiger partial charge on any atom is -0.445 e. The van der Waals surface area contributed by atoms with Crippen LogP contribution in [0, 0.1) is 11.8 Å². The molecule has 1 amide bonds. The summed E-state index contributed by atoms with van der Waals surface area (Å²) in [6.07, 6.45) is -4.07. The Kier molecular flexibility index (Phi) is 5.79. The highest BCUT2D eigenvalue weighted by molar-refractivity contribution is 5.67. The Morgan fingerprint density at radius 3 is 2.67 bits per heavy atom. The molecule has 24 heavy (non-hydrogen) atoms. The lowest BCUT2D eigenvalue weighted by Crippen LogP contribution is -2.24. The molecule has 4 nitrogen and oxygen atoms in total. The fourth-order valence-electron chi connectivity index (χ4n) is 1.70. The highest BCUT2D eigenvalue weighted by Gasteiger charge is 2.30. The van der Waals surface area contributed by atoms with E-state index in [0.29, 0.717) is 0 Å². The fraction of sp³-hybridized carbons (Fsp3) is 0.176. The molecule has 2 rings (SSSR count). The van der Waals surface area contributed by atoms with Crippen molar-refractivity contribution in [1.29, 1.82) is 0 Å². The van der Waals surface area contributed by atoms with Crippen LogP contribution in [0.5, 0.6) is 0 Å². The van der Waals surface area contributed by atoms with Crippen molar-refractivity contribution in [3.05, 3.63) is 65.5 Å². The van der Waals surface area contributed by atoms with Gasteiger partial charge in [0.1, 0.15) is 12.3 Å². The number of alkyl halides is 3. The summed E-state index contributed by atoms with van der Waals surface area (Å²) >= 11 is 0. The lowest BCUT2D eigenvalue weighted by Gasteiger charge is -2.05. The topological polar surface area (TPSA) is 51.2 Å². The van der Waals surface area contributed by atoms with E-state index in [2.05, 4.69) is 22.1 Å². The van der Waals surface area contributed by atoms with E-state index in [1.54, 1.807) is 0 Å². The molecule has 0 aliphatic heterocycles. The van der Waals surface area contributed by atoms with Gasteiger partial charge in [-0.2, -0.15) is 13.2 Å². The predicted molar refractivity (Wildman–Crippen MR) is 80.7 cm³/mol. The zero-order valence-corrected chi connectivity index (χ0v) is 12.4. The Balaban J connectivity index is 1.80. The molecule has 0 aliphatic rings. The van der Waals surface area contributed by atoms with Gasteiger partial charge in [-0.1, -0.05) is 36.3 Å². The van der Waals surface area contributed by atoms with Crippen molar-refractivity contribution in [2.45, 2.75) is 12.8 Å². The first-order valence-corrected chi connectivity index (χ1v) is 6.92. The van der Waals surface area contributed by atoms with Gasteiger partial charge in [0.05, 0.1) is 12.1 Å². The van der Waals surface area contributed by atoms with Gasteiger partial charge in [-0.15, -0.1) is 0 Å². The van der Waals surface area contributed by atoms with Crippen LogP contribution in [-0.4, -0.2) is 17.6 Å². The van der Waals surface area contributed by atoms with Gasteiger partial charge in [-0.3, -0.25) is 0 Å².